The van der Waals surface area contributed by atoms with Gasteiger partial charge in [-0.2, -0.15) is 0 Å². The van der Waals surface area contributed by atoms with E-state index in [1.807, 2.05) is 6.20 Å². The van der Waals surface area contributed by atoms with Crippen LogP contribution in [0, 0.1) is 23.7 Å². The van der Waals surface area contributed by atoms with Crippen LogP contribution in [0.3, 0.4) is 0 Å². The molecule has 0 bridgehead atoms. The Labute approximate surface area is 234 Å². The Kier molecular flexibility index (Phi) is 6.63. The van der Waals surface area contributed by atoms with E-state index in [1.165, 1.54) is 23.6 Å². The highest BCUT2D eigenvalue weighted by atomic mass is 15.0. The van der Waals surface area contributed by atoms with Crippen molar-refractivity contribution in [2.45, 2.75) is 37.8 Å². The maximum Gasteiger partial charge on any atom is 0.124 e. The molecule has 40 heavy (non-hydrogen) atoms. The van der Waals surface area contributed by atoms with Crippen LogP contribution in [0.4, 0.5) is 0 Å². The molecule has 2 aliphatic rings. The Hall–Kier alpha value is -4.62. The van der Waals surface area contributed by atoms with Gasteiger partial charge in [0.2, 0.25) is 0 Å². The van der Waals surface area contributed by atoms with Gasteiger partial charge in [0.1, 0.15) is 17.3 Å². The number of aromatic nitrogens is 4. The van der Waals surface area contributed by atoms with Gasteiger partial charge in [0.25, 0.3) is 0 Å². The summed E-state index contributed by atoms with van der Waals surface area (Å²) < 4.78 is 0. The summed E-state index contributed by atoms with van der Waals surface area (Å²) in [6, 6.07) is 22.0. The molecule has 7 rings (SSSR count). The predicted molar refractivity (Wildman–Crippen MR) is 159 cm³/mol. The lowest BCUT2D eigenvalue weighted by atomic mass is 9.95. The lowest BCUT2D eigenvalue weighted by molar-refractivity contribution is 0.612. The molecule has 6 nitrogen and oxygen atoms in total. The molecule has 196 valence electrons. The molecule has 2 aromatic heterocycles. The molecule has 3 aromatic carbocycles. The molecular weight excluding hydrogens is 492 g/mol. The molecule has 2 atom stereocenters. The van der Waals surface area contributed by atoms with Crippen LogP contribution in [0.5, 0.6) is 0 Å². The van der Waals surface area contributed by atoms with Crippen LogP contribution in [-0.4, -0.2) is 33.0 Å². The lowest BCUT2D eigenvalue weighted by Gasteiger charge is -2.10. The molecule has 2 unspecified atom stereocenters. The van der Waals surface area contributed by atoms with E-state index in [0.717, 1.165) is 71.2 Å². The van der Waals surface area contributed by atoms with Crippen LogP contribution in [0.25, 0.3) is 33.2 Å². The molecule has 2 saturated heterocycles. The molecule has 2 fully saturated rings. The second-order valence-electron chi connectivity index (χ2n) is 10.5. The molecule has 4 N–H and O–H groups in total. The number of imidazole rings is 2. The molecule has 2 aliphatic heterocycles. The topological polar surface area (TPSA) is 81.4 Å². The van der Waals surface area contributed by atoms with E-state index >= 15 is 0 Å². The van der Waals surface area contributed by atoms with Gasteiger partial charge >= 0.3 is 0 Å². The standard InChI is InChI=1S/C34H30N6/c1-2-9-25-19-26(15-13-23(25)7-1)29-20-27(32-22-38-34(40-32)31-12-6-18-36-31)16-14-24(29)8-3-4-10-28-21-37-33(39-28)30-11-5-17-35-30/h1-2,7,9,13-16,19-22,30-31,35-36H,5-6,11-12,17-18H2,(H,37,39)(H,38,40). The fourth-order valence-corrected chi connectivity index (χ4v) is 5.69. The Morgan fingerprint density at radius 2 is 1.40 bits per heavy atom. The third-order valence-electron chi connectivity index (χ3n) is 7.82. The van der Waals surface area contributed by atoms with Crippen molar-refractivity contribution in [3.8, 4) is 46.1 Å². The van der Waals surface area contributed by atoms with E-state index in [1.54, 1.807) is 6.20 Å². The molecule has 0 saturated carbocycles. The fourth-order valence-electron chi connectivity index (χ4n) is 5.69. The average molecular weight is 523 g/mol. The van der Waals surface area contributed by atoms with Crippen molar-refractivity contribution in [3.05, 3.63) is 96.0 Å². The van der Waals surface area contributed by atoms with Gasteiger partial charge in [-0.25, -0.2) is 9.97 Å². The first-order valence-corrected chi connectivity index (χ1v) is 14.0. The summed E-state index contributed by atoms with van der Waals surface area (Å²) in [5, 5.41) is 9.40. The highest BCUT2D eigenvalue weighted by Crippen LogP contribution is 2.32. The van der Waals surface area contributed by atoms with Gasteiger partial charge in [0.15, 0.2) is 0 Å². The van der Waals surface area contributed by atoms with Gasteiger partial charge in [-0.1, -0.05) is 48.4 Å². The normalized spacial score (nSPS) is 18.3. The molecule has 6 heteroatoms. The zero-order chi connectivity index (χ0) is 26.7. The maximum absolute atomic E-state index is 4.68. The molecular formula is C34H30N6. The number of hydrogen-bond acceptors (Lipinski definition) is 4. The van der Waals surface area contributed by atoms with Crippen LogP contribution in [0.2, 0.25) is 0 Å². The van der Waals surface area contributed by atoms with Gasteiger partial charge in [0.05, 0.1) is 30.2 Å². The minimum Gasteiger partial charge on any atom is -0.341 e. The van der Waals surface area contributed by atoms with Crippen molar-refractivity contribution in [1.82, 2.24) is 30.6 Å². The second-order valence-corrected chi connectivity index (χ2v) is 10.5. The Balaban J connectivity index is 1.22. The lowest BCUT2D eigenvalue weighted by Crippen LogP contribution is -2.14. The highest BCUT2D eigenvalue weighted by Gasteiger charge is 2.20. The van der Waals surface area contributed by atoms with E-state index in [-0.39, 0.29) is 0 Å². The monoisotopic (exact) mass is 522 g/mol. The number of fused-ring (bicyclic) bond motifs is 1. The van der Waals surface area contributed by atoms with Gasteiger partial charge in [-0.3, -0.25) is 0 Å². The van der Waals surface area contributed by atoms with Crippen LogP contribution in [-0.2, 0) is 0 Å². The Bertz CT molecular complexity index is 1790. The van der Waals surface area contributed by atoms with Gasteiger partial charge in [0, 0.05) is 11.1 Å². The Morgan fingerprint density at radius 1 is 0.675 bits per heavy atom. The zero-order valence-corrected chi connectivity index (χ0v) is 22.2. The third-order valence-corrected chi connectivity index (χ3v) is 7.82. The van der Waals surface area contributed by atoms with Crippen LogP contribution in [0.1, 0.15) is 60.7 Å². The van der Waals surface area contributed by atoms with E-state index in [4.69, 9.17) is 0 Å². The number of H-pyrrole nitrogens is 2. The molecule has 0 spiro atoms. The summed E-state index contributed by atoms with van der Waals surface area (Å²) in [5.74, 6) is 14.5. The van der Waals surface area contributed by atoms with Crippen molar-refractivity contribution >= 4 is 10.8 Å². The quantitative estimate of drug-likeness (QED) is 0.223. The molecule has 4 heterocycles. The first kappa shape index (κ1) is 24.4. The minimum atomic E-state index is 0.296. The van der Waals surface area contributed by atoms with Crippen LogP contribution < -0.4 is 10.6 Å². The van der Waals surface area contributed by atoms with Gasteiger partial charge in [-0.15, -0.1) is 0 Å². The van der Waals surface area contributed by atoms with Crippen molar-refractivity contribution in [1.29, 1.82) is 0 Å². The first-order valence-electron chi connectivity index (χ1n) is 14.0. The molecule has 0 radical (unpaired) electrons. The smallest absolute Gasteiger partial charge is 0.124 e. The second kappa shape index (κ2) is 10.9. The number of rotatable bonds is 4. The summed E-state index contributed by atoms with van der Waals surface area (Å²) in [7, 11) is 0. The number of aromatic amines is 2. The van der Waals surface area contributed by atoms with Gasteiger partial charge in [-0.05, 0) is 96.6 Å². The van der Waals surface area contributed by atoms with Crippen LogP contribution >= 0.6 is 0 Å². The number of nitrogens with zero attached hydrogens (tertiary/aromatic N) is 2. The van der Waals surface area contributed by atoms with E-state index < -0.39 is 0 Å². The van der Waals surface area contributed by atoms with Crippen molar-refractivity contribution in [3.63, 3.8) is 0 Å². The number of nitrogens with one attached hydrogen (secondary N) is 4. The van der Waals surface area contributed by atoms with Crippen molar-refractivity contribution < 1.29 is 0 Å². The largest absolute Gasteiger partial charge is 0.341 e. The number of benzene rings is 3. The van der Waals surface area contributed by atoms with E-state index in [2.05, 4.69) is 115 Å². The van der Waals surface area contributed by atoms with Crippen molar-refractivity contribution in [2.24, 2.45) is 0 Å². The summed E-state index contributed by atoms with van der Waals surface area (Å²) >= 11 is 0. The molecule has 0 amide bonds. The third kappa shape index (κ3) is 5.03. The summed E-state index contributed by atoms with van der Waals surface area (Å²) in [6.45, 7) is 2.08. The van der Waals surface area contributed by atoms with Crippen molar-refractivity contribution in [2.75, 3.05) is 13.1 Å². The zero-order valence-electron chi connectivity index (χ0n) is 22.2. The average Bonchev–Trinajstić information content (AvgIpc) is 3.82. The highest BCUT2D eigenvalue weighted by molar-refractivity contribution is 5.89. The SMILES string of the molecule is C(C#Cc1ccc(-c2cnc(C3CCCN3)[nH]2)cc1-c1ccc2ccccc2c1)#Cc1cnc(C2CCCN2)[nH]1. The molecule has 5 aromatic rings. The molecule has 0 aliphatic carbocycles. The first-order chi connectivity index (χ1) is 19.8. The summed E-state index contributed by atoms with van der Waals surface area (Å²) in [6.07, 6.45) is 8.30. The summed E-state index contributed by atoms with van der Waals surface area (Å²) in [5.41, 5.74) is 6.01. The summed E-state index contributed by atoms with van der Waals surface area (Å²) in [4.78, 5) is 16.1. The number of hydrogen-bond donors (Lipinski definition) is 4. The van der Waals surface area contributed by atoms with E-state index in [0.29, 0.717) is 12.1 Å². The van der Waals surface area contributed by atoms with E-state index in [9.17, 15) is 0 Å². The predicted octanol–water partition coefficient (Wildman–Crippen LogP) is 5.87. The fraction of sp³-hybridized carbons (Fsp3) is 0.235. The Morgan fingerprint density at radius 3 is 2.20 bits per heavy atom. The van der Waals surface area contributed by atoms with Gasteiger partial charge < -0.3 is 20.6 Å². The maximum atomic E-state index is 4.68. The van der Waals surface area contributed by atoms with Crippen LogP contribution in [0.15, 0.2) is 73.1 Å². The minimum absolute atomic E-state index is 0.296.